The zero-order valence-electron chi connectivity index (χ0n) is 17.5. The first-order chi connectivity index (χ1) is 13.4. The van der Waals surface area contributed by atoms with E-state index in [9.17, 15) is 9.59 Å². The van der Waals surface area contributed by atoms with Gasteiger partial charge in [-0.25, -0.2) is 4.98 Å². The van der Waals surface area contributed by atoms with Crippen LogP contribution in [0.5, 0.6) is 0 Å². The van der Waals surface area contributed by atoms with Crippen LogP contribution in [0.25, 0.3) is 16.1 Å². The summed E-state index contributed by atoms with van der Waals surface area (Å²) in [5.41, 5.74) is 0.536. The van der Waals surface area contributed by atoms with Gasteiger partial charge in [0.25, 0.3) is 5.91 Å². The van der Waals surface area contributed by atoms with E-state index < -0.39 is 11.0 Å². The van der Waals surface area contributed by atoms with Crippen molar-refractivity contribution in [2.24, 2.45) is 5.41 Å². The summed E-state index contributed by atoms with van der Waals surface area (Å²) in [6.07, 6.45) is 0.402. The number of carbonyl (C=O) groups excluding carboxylic acids is 2. The zero-order valence-corrected chi connectivity index (χ0v) is 19.0. The number of rotatable bonds is 3. The van der Waals surface area contributed by atoms with Gasteiger partial charge in [-0.15, -0.1) is 11.3 Å². The molecule has 5 nitrogen and oxygen atoms in total. The van der Waals surface area contributed by atoms with Crippen LogP contribution in [-0.2, 0) is 14.3 Å². The fourth-order valence-electron chi connectivity index (χ4n) is 3.00. The summed E-state index contributed by atoms with van der Waals surface area (Å²) in [6, 6.07) is 7.42. The van der Waals surface area contributed by atoms with Gasteiger partial charge in [-0.2, -0.15) is 0 Å². The SMILES string of the molecule is Cc1sc(-c2cccc(Cl)c2)nc1C1=C(OC(=O)C(C)(C)C)CC(C)(C)NC1=O. The quantitative estimate of drug-likeness (QED) is 0.662. The summed E-state index contributed by atoms with van der Waals surface area (Å²) < 4.78 is 5.74. The summed E-state index contributed by atoms with van der Waals surface area (Å²) in [5, 5.41) is 4.36. The molecule has 29 heavy (non-hydrogen) atoms. The van der Waals surface area contributed by atoms with Crippen LogP contribution in [0.15, 0.2) is 30.0 Å². The number of ether oxygens (including phenoxy) is 1. The average Bonchev–Trinajstić information content (AvgIpc) is 2.94. The van der Waals surface area contributed by atoms with Crippen molar-refractivity contribution in [3.63, 3.8) is 0 Å². The fraction of sp³-hybridized carbons (Fsp3) is 0.409. The molecule has 0 fully saturated rings. The van der Waals surface area contributed by atoms with Crippen LogP contribution in [0, 0.1) is 12.3 Å². The van der Waals surface area contributed by atoms with Crippen LogP contribution < -0.4 is 5.32 Å². The lowest BCUT2D eigenvalue weighted by Gasteiger charge is -2.33. The van der Waals surface area contributed by atoms with Crippen LogP contribution in [0.1, 0.15) is 51.6 Å². The number of amides is 1. The number of nitrogens with zero attached hydrogens (tertiary/aromatic N) is 1. The molecule has 0 bridgehead atoms. The molecule has 1 aromatic heterocycles. The van der Waals surface area contributed by atoms with Crippen molar-refractivity contribution < 1.29 is 14.3 Å². The van der Waals surface area contributed by atoms with E-state index >= 15 is 0 Å². The van der Waals surface area contributed by atoms with Gasteiger partial charge in [-0.3, -0.25) is 9.59 Å². The molecule has 0 radical (unpaired) electrons. The molecule has 1 aromatic carbocycles. The second-order valence-corrected chi connectivity index (χ2v) is 10.5. The second-order valence-electron chi connectivity index (χ2n) is 8.89. The molecule has 2 aromatic rings. The van der Waals surface area contributed by atoms with Crippen LogP contribution in [-0.4, -0.2) is 22.4 Å². The van der Waals surface area contributed by atoms with E-state index in [0.29, 0.717) is 28.5 Å². The summed E-state index contributed by atoms with van der Waals surface area (Å²) in [4.78, 5) is 31.1. The molecule has 0 aliphatic carbocycles. The lowest BCUT2D eigenvalue weighted by molar-refractivity contribution is -0.149. The summed E-state index contributed by atoms with van der Waals surface area (Å²) in [7, 11) is 0. The molecule has 1 aliphatic heterocycles. The number of benzene rings is 1. The third kappa shape index (κ3) is 4.70. The van der Waals surface area contributed by atoms with Gasteiger partial charge < -0.3 is 10.1 Å². The standard InChI is InChI=1S/C22H25ClN2O3S/c1-12-17(24-19(29-12)13-8-7-9-14(23)10-13)16-15(28-20(27)21(2,3)4)11-22(5,6)25-18(16)26/h7-10H,11H2,1-6H3,(H,25,26). The van der Waals surface area contributed by atoms with Crippen molar-refractivity contribution in [3.05, 3.63) is 45.6 Å². The Labute approximate surface area is 180 Å². The maximum atomic E-state index is 13.0. The van der Waals surface area contributed by atoms with E-state index in [-0.39, 0.29) is 11.9 Å². The van der Waals surface area contributed by atoms with E-state index in [1.807, 2.05) is 39.0 Å². The number of hydrogen-bond donors (Lipinski definition) is 1. The average molecular weight is 433 g/mol. The smallest absolute Gasteiger partial charge is 0.316 e. The molecular formula is C22H25ClN2O3S. The fourth-order valence-corrected chi connectivity index (χ4v) is 4.10. The molecule has 1 N–H and O–H groups in total. The minimum Gasteiger partial charge on any atom is -0.430 e. The third-order valence-electron chi connectivity index (χ3n) is 4.49. The Balaban J connectivity index is 2.11. The molecule has 1 amide bonds. The molecule has 0 atom stereocenters. The highest BCUT2D eigenvalue weighted by atomic mass is 35.5. The van der Waals surface area contributed by atoms with Gasteiger partial charge in [0, 0.05) is 27.4 Å². The first-order valence-electron chi connectivity index (χ1n) is 9.39. The van der Waals surface area contributed by atoms with Gasteiger partial charge in [-0.05, 0) is 53.7 Å². The normalized spacial score (nSPS) is 16.6. The van der Waals surface area contributed by atoms with Crippen LogP contribution in [0.3, 0.4) is 0 Å². The minimum absolute atomic E-state index is 0.288. The van der Waals surface area contributed by atoms with Crippen LogP contribution in [0.4, 0.5) is 0 Å². The number of thiazole rings is 1. The van der Waals surface area contributed by atoms with Gasteiger partial charge in [0.1, 0.15) is 16.3 Å². The Morgan fingerprint density at radius 2 is 2.00 bits per heavy atom. The maximum Gasteiger partial charge on any atom is 0.316 e. The molecule has 0 unspecified atom stereocenters. The van der Waals surface area contributed by atoms with Crippen molar-refractivity contribution in [2.75, 3.05) is 0 Å². The Hall–Kier alpha value is -2.18. The van der Waals surface area contributed by atoms with Gasteiger partial charge >= 0.3 is 5.97 Å². The number of nitrogens with one attached hydrogen (secondary N) is 1. The Morgan fingerprint density at radius 3 is 2.62 bits per heavy atom. The largest absolute Gasteiger partial charge is 0.430 e. The number of aromatic nitrogens is 1. The van der Waals surface area contributed by atoms with Crippen molar-refractivity contribution in [1.29, 1.82) is 0 Å². The lowest BCUT2D eigenvalue weighted by Crippen LogP contribution is -2.48. The predicted molar refractivity (Wildman–Crippen MR) is 117 cm³/mol. The summed E-state index contributed by atoms with van der Waals surface area (Å²) in [5.74, 6) is -0.299. The van der Waals surface area contributed by atoms with Crippen LogP contribution in [0.2, 0.25) is 5.02 Å². The monoisotopic (exact) mass is 432 g/mol. The number of halogens is 1. The van der Waals surface area contributed by atoms with Gasteiger partial charge in [0.2, 0.25) is 0 Å². The molecule has 3 rings (SSSR count). The topological polar surface area (TPSA) is 68.3 Å². The zero-order chi connectivity index (χ0) is 21.6. The van der Waals surface area contributed by atoms with Gasteiger partial charge in [0.15, 0.2) is 0 Å². The van der Waals surface area contributed by atoms with Crippen LogP contribution >= 0.6 is 22.9 Å². The molecule has 0 spiro atoms. The number of hydrogen-bond acceptors (Lipinski definition) is 5. The van der Waals surface area contributed by atoms with E-state index in [1.54, 1.807) is 26.8 Å². The van der Waals surface area contributed by atoms with Crippen molar-refractivity contribution >= 4 is 40.4 Å². The third-order valence-corrected chi connectivity index (χ3v) is 5.75. The van der Waals surface area contributed by atoms with E-state index in [1.165, 1.54) is 11.3 Å². The lowest BCUT2D eigenvalue weighted by atomic mass is 9.90. The Kier molecular flexibility index (Phi) is 5.62. The van der Waals surface area contributed by atoms with E-state index in [0.717, 1.165) is 15.4 Å². The highest BCUT2D eigenvalue weighted by Crippen LogP contribution is 2.38. The van der Waals surface area contributed by atoms with E-state index in [2.05, 4.69) is 5.32 Å². The Morgan fingerprint density at radius 1 is 1.31 bits per heavy atom. The van der Waals surface area contributed by atoms with E-state index in [4.69, 9.17) is 21.3 Å². The molecule has 154 valence electrons. The number of aryl methyl sites for hydroxylation is 1. The van der Waals surface area contributed by atoms with Crippen molar-refractivity contribution in [1.82, 2.24) is 10.3 Å². The first kappa shape index (κ1) is 21.5. The Bertz CT molecular complexity index is 1020. The molecule has 0 saturated heterocycles. The molecule has 7 heteroatoms. The molecule has 1 aliphatic rings. The van der Waals surface area contributed by atoms with Crippen molar-refractivity contribution in [3.8, 4) is 10.6 Å². The molecule has 2 heterocycles. The van der Waals surface area contributed by atoms with Crippen molar-refractivity contribution in [2.45, 2.75) is 53.5 Å². The highest BCUT2D eigenvalue weighted by Gasteiger charge is 2.38. The first-order valence-corrected chi connectivity index (χ1v) is 10.6. The minimum atomic E-state index is -0.681. The molecule has 0 saturated carbocycles. The van der Waals surface area contributed by atoms with Gasteiger partial charge in [0.05, 0.1) is 11.1 Å². The number of carbonyl (C=O) groups is 2. The number of esters is 1. The molecular weight excluding hydrogens is 408 g/mol. The predicted octanol–water partition coefficient (Wildman–Crippen LogP) is 5.37. The second kappa shape index (κ2) is 7.58. The van der Waals surface area contributed by atoms with Gasteiger partial charge in [-0.1, -0.05) is 23.7 Å². The summed E-state index contributed by atoms with van der Waals surface area (Å²) >= 11 is 7.59. The highest BCUT2D eigenvalue weighted by molar-refractivity contribution is 7.15. The summed E-state index contributed by atoms with van der Waals surface area (Å²) in [6.45, 7) is 11.1. The maximum absolute atomic E-state index is 13.0.